The van der Waals surface area contributed by atoms with E-state index in [1.165, 1.54) is 6.07 Å². The second-order valence-corrected chi connectivity index (χ2v) is 9.71. The molecule has 0 radical (unpaired) electrons. The van der Waals surface area contributed by atoms with Crippen molar-refractivity contribution in [2.24, 2.45) is 0 Å². The van der Waals surface area contributed by atoms with Gasteiger partial charge in [-0.1, -0.05) is 0 Å². The zero-order valence-corrected chi connectivity index (χ0v) is 20.3. The smallest absolute Gasteiger partial charge is 0.419 e. The fraction of sp³-hybridized carbons (Fsp3) is 0.458. The van der Waals surface area contributed by atoms with Crippen LogP contribution in [0.4, 0.5) is 24.5 Å². The minimum absolute atomic E-state index is 0.0386. The van der Waals surface area contributed by atoms with E-state index in [0.717, 1.165) is 49.5 Å². The van der Waals surface area contributed by atoms with Crippen LogP contribution in [0.3, 0.4) is 0 Å². The molecular formula is C24H23F3N6O2S. The third kappa shape index (κ3) is 4.06. The molecule has 3 fully saturated rings. The molecule has 1 saturated carbocycles. The lowest BCUT2D eigenvalue weighted by Gasteiger charge is -2.42. The molecule has 1 atom stereocenters. The quantitative estimate of drug-likeness (QED) is 0.566. The summed E-state index contributed by atoms with van der Waals surface area (Å²) in [6, 6.07) is 5.68. The number of anilines is 2. The number of likely N-dealkylation sites (N-methyl/N-ethyl adjacent to an activating group) is 1. The summed E-state index contributed by atoms with van der Waals surface area (Å²) in [4.78, 5) is 26.6. The van der Waals surface area contributed by atoms with E-state index in [0.29, 0.717) is 24.4 Å². The average Bonchev–Trinajstić information content (AvgIpc) is 3.05. The maximum atomic E-state index is 13.6. The number of likely N-dealkylation sites (tertiary alicyclic amines) is 1. The summed E-state index contributed by atoms with van der Waals surface area (Å²) < 4.78 is 46.6. The Morgan fingerprint density at radius 3 is 2.53 bits per heavy atom. The van der Waals surface area contributed by atoms with Crippen molar-refractivity contribution in [2.45, 2.75) is 49.9 Å². The van der Waals surface area contributed by atoms with E-state index in [2.05, 4.69) is 14.9 Å². The van der Waals surface area contributed by atoms with Crippen LogP contribution >= 0.6 is 12.2 Å². The number of carbonyl (C=O) groups excluding carboxylic acids is 1. The van der Waals surface area contributed by atoms with E-state index >= 15 is 0 Å². The second kappa shape index (κ2) is 8.97. The second-order valence-electron chi connectivity index (χ2n) is 9.34. The number of rotatable bonds is 4. The Balaban J connectivity index is 1.44. The summed E-state index contributed by atoms with van der Waals surface area (Å²) in [5, 5.41) is 9.10. The Bertz CT molecular complexity index is 1240. The highest BCUT2D eigenvalue weighted by Gasteiger charge is 2.60. The van der Waals surface area contributed by atoms with Crippen molar-refractivity contribution in [3.63, 3.8) is 0 Å². The Morgan fingerprint density at radius 1 is 1.19 bits per heavy atom. The van der Waals surface area contributed by atoms with Crippen molar-refractivity contribution in [3.8, 4) is 11.9 Å². The fourth-order valence-corrected chi connectivity index (χ4v) is 5.52. The fourth-order valence-electron chi connectivity index (χ4n) is 5.05. The number of alkyl halides is 3. The number of thiocarbonyl (C=S) groups is 1. The molecule has 2 aromatic rings. The molecular weight excluding hydrogens is 493 g/mol. The molecule has 0 N–H and O–H groups in total. The summed E-state index contributed by atoms with van der Waals surface area (Å²) in [5.74, 6) is 0.0464. The molecule has 1 unspecified atom stereocenters. The van der Waals surface area contributed by atoms with E-state index in [1.54, 1.807) is 23.2 Å². The van der Waals surface area contributed by atoms with Gasteiger partial charge in [-0.15, -0.1) is 0 Å². The topological polar surface area (TPSA) is 85.6 Å². The molecule has 4 heterocycles. The van der Waals surface area contributed by atoms with Crippen LogP contribution in [-0.2, 0) is 11.0 Å². The predicted molar refractivity (Wildman–Crippen MR) is 128 cm³/mol. The number of amides is 1. The first-order valence-electron chi connectivity index (χ1n) is 11.6. The molecule has 8 nitrogen and oxygen atoms in total. The molecule has 1 spiro atoms. The molecule has 2 aliphatic heterocycles. The number of aromatic nitrogens is 2. The Labute approximate surface area is 211 Å². The average molecular weight is 517 g/mol. The summed E-state index contributed by atoms with van der Waals surface area (Å²) in [7, 11) is 2.04. The molecule has 1 amide bonds. The third-order valence-electron chi connectivity index (χ3n) is 6.98. The monoisotopic (exact) mass is 516 g/mol. The first-order valence-corrected chi connectivity index (χ1v) is 12.0. The van der Waals surface area contributed by atoms with Gasteiger partial charge in [0.25, 0.3) is 5.91 Å². The minimum atomic E-state index is -4.81. The number of nitriles is 1. The lowest BCUT2D eigenvalue weighted by atomic mass is 9.75. The summed E-state index contributed by atoms with van der Waals surface area (Å²) >= 11 is 5.62. The molecule has 0 aromatic carbocycles. The van der Waals surface area contributed by atoms with Crippen molar-refractivity contribution in [1.29, 1.82) is 5.26 Å². The van der Waals surface area contributed by atoms with E-state index in [-0.39, 0.29) is 16.9 Å². The number of nitrogens with zero attached hydrogens (tertiary/aromatic N) is 6. The molecule has 188 valence electrons. The van der Waals surface area contributed by atoms with Gasteiger partial charge in [0, 0.05) is 12.6 Å². The molecule has 0 bridgehead atoms. The van der Waals surface area contributed by atoms with Gasteiger partial charge in [0.15, 0.2) is 10.8 Å². The first kappa shape index (κ1) is 24.4. The van der Waals surface area contributed by atoms with Gasteiger partial charge in [0.1, 0.15) is 17.7 Å². The highest BCUT2D eigenvalue weighted by atomic mass is 32.1. The van der Waals surface area contributed by atoms with Gasteiger partial charge in [-0.3, -0.25) is 9.69 Å². The number of piperidine rings is 1. The van der Waals surface area contributed by atoms with E-state index < -0.39 is 28.9 Å². The zero-order chi connectivity index (χ0) is 25.7. The van der Waals surface area contributed by atoms with Crippen molar-refractivity contribution in [2.75, 3.05) is 29.9 Å². The van der Waals surface area contributed by atoms with Crippen LogP contribution in [0.25, 0.3) is 0 Å². The molecule has 3 aliphatic rings. The summed E-state index contributed by atoms with van der Waals surface area (Å²) in [5.41, 5.74) is -2.53. The molecule has 1 aliphatic carbocycles. The van der Waals surface area contributed by atoms with Crippen molar-refractivity contribution in [1.82, 2.24) is 14.9 Å². The van der Waals surface area contributed by atoms with Gasteiger partial charge in [0.05, 0.1) is 29.3 Å². The maximum absolute atomic E-state index is 13.6. The summed E-state index contributed by atoms with van der Waals surface area (Å²) in [6.07, 6.45) is 1.65. The van der Waals surface area contributed by atoms with Gasteiger partial charge >= 0.3 is 6.18 Å². The van der Waals surface area contributed by atoms with Crippen LogP contribution < -0.4 is 14.5 Å². The highest BCUT2D eigenvalue weighted by molar-refractivity contribution is 7.81. The first-order chi connectivity index (χ1) is 17.1. The van der Waals surface area contributed by atoms with Crippen LogP contribution in [0.2, 0.25) is 0 Å². The minimum Gasteiger partial charge on any atom is -0.473 e. The normalized spacial score (nSPS) is 22.0. The van der Waals surface area contributed by atoms with Gasteiger partial charge in [-0.25, -0.2) is 9.97 Å². The lowest BCUT2D eigenvalue weighted by molar-refractivity contribution is -0.138. The van der Waals surface area contributed by atoms with Crippen LogP contribution in [0.15, 0.2) is 30.6 Å². The number of pyridine rings is 2. The van der Waals surface area contributed by atoms with Gasteiger partial charge in [0.2, 0.25) is 5.88 Å². The number of hydrogen-bond acceptors (Lipinski definition) is 7. The van der Waals surface area contributed by atoms with Crippen molar-refractivity contribution < 1.29 is 22.7 Å². The zero-order valence-electron chi connectivity index (χ0n) is 19.5. The van der Waals surface area contributed by atoms with E-state index in [4.69, 9.17) is 22.2 Å². The predicted octanol–water partition coefficient (Wildman–Crippen LogP) is 3.90. The number of hydrogen-bond donors (Lipinski definition) is 0. The van der Waals surface area contributed by atoms with Crippen molar-refractivity contribution in [3.05, 3.63) is 41.9 Å². The maximum Gasteiger partial charge on any atom is 0.419 e. The SMILES string of the molecule is CN1CCCC(Oc2ccc(N3C(=S)N(c4cnc(C#N)c(C(F)(F)F)c4)C(=O)C34CCC4)cn2)C1. The van der Waals surface area contributed by atoms with Gasteiger partial charge in [-0.2, -0.15) is 18.4 Å². The molecule has 2 aromatic heterocycles. The van der Waals surface area contributed by atoms with E-state index in [1.807, 2.05) is 7.05 Å². The van der Waals surface area contributed by atoms with E-state index in [9.17, 15) is 18.0 Å². The Morgan fingerprint density at radius 2 is 1.94 bits per heavy atom. The number of carbonyl (C=O) groups is 1. The van der Waals surface area contributed by atoms with Crippen LogP contribution in [0, 0.1) is 11.3 Å². The van der Waals surface area contributed by atoms with Crippen LogP contribution in [-0.4, -0.2) is 57.7 Å². The van der Waals surface area contributed by atoms with Crippen LogP contribution in [0.5, 0.6) is 5.88 Å². The molecule has 12 heteroatoms. The largest absolute Gasteiger partial charge is 0.473 e. The van der Waals surface area contributed by atoms with Gasteiger partial charge in [-0.05, 0) is 70.0 Å². The third-order valence-corrected chi connectivity index (χ3v) is 7.35. The molecule has 2 saturated heterocycles. The lowest BCUT2D eigenvalue weighted by Crippen LogP contribution is -2.55. The Kier molecular flexibility index (Phi) is 6.08. The number of halogens is 3. The molecule has 5 rings (SSSR count). The van der Waals surface area contributed by atoms with Crippen molar-refractivity contribution >= 4 is 34.6 Å². The Hall–Kier alpha value is -3.30. The standard InChI is InChI=1S/C24H23F3N6O2S/c1-31-9-2-4-17(14-31)35-20-6-5-15(12-30-20)33-22(36)32(21(34)23(33)7-3-8-23)16-10-18(24(25,26)27)19(11-28)29-13-16/h5-6,10,12-13,17H,2-4,7-9,14H2,1H3. The van der Waals surface area contributed by atoms with Crippen LogP contribution in [0.1, 0.15) is 43.4 Å². The summed E-state index contributed by atoms with van der Waals surface area (Å²) in [6.45, 7) is 1.84. The molecule has 36 heavy (non-hydrogen) atoms. The van der Waals surface area contributed by atoms with Gasteiger partial charge < -0.3 is 14.5 Å². The highest BCUT2D eigenvalue weighted by Crippen LogP contribution is 2.48. The number of ether oxygens (including phenoxy) is 1.